The Hall–Kier alpha value is -1.50. The summed E-state index contributed by atoms with van der Waals surface area (Å²) in [5.41, 5.74) is 0. The summed E-state index contributed by atoms with van der Waals surface area (Å²) in [5.74, 6) is -3.46. The van der Waals surface area contributed by atoms with E-state index in [0.717, 1.165) is 0 Å². The summed E-state index contributed by atoms with van der Waals surface area (Å²) in [4.78, 5) is 22.5. The first-order valence-electron chi connectivity index (χ1n) is 6.44. The Balaban J connectivity index is 4.86. The molecule has 0 saturated heterocycles. The van der Waals surface area contributed by atoms with Crippen molar-refractivity contribution in [1.29, 1.82) is 0 Å². The maximum atomic E-state index is 12.4. The SMILES string of the molecule is CC[C@H](NCC(C=C(F)F)[C@H](CC)C(=O)O)C(=O)OC. The van der Waals surface area contributed by atoms with Gasteiger partial charge >= 0.3 is 11.9 Å². The lowest BCUT2D eigenvalue weighted by molar-refractivity contribution is -0.143. The third-order valence-corrected chi connectivity index (χ3v) is 3.11. The Bertz CT molecular complexity index is 356. The van der Waals surface area contributed by atoms with Crippen LogP contribution >= 0.6 is 0 Å². The fraction of sp³-hybridized carbons (Fsp3) is 0.692. The second kappa shape index (κ2) is 9.41. The van der Waals surface area contributed by atoms with Gasteiger partial charge in [0.1, 0.15) is 6.04 Å². The van der Waals surface area contributed by atoms with Gasteiger partial charge in [0.05, 0.1) is 13.0 Å². The fourth-order valence-corrected chi connectivity index (χ4v) is 1.95. The molecule has 2 N–H and O–H groups in total. The van der Waals surface area contributed by atoms with Crippen LogP contribution in [-0.4, -0.2) is 36.7 Å². The van der Waals surface area contributed by atoms with Crippen molar-refractivity contribution >= 4 is 11.9 Å². The van der Waals surface area contributed by atoms with Gasteiger partial charge in [-0.3, -0.25) is 9.59 Å². The smallest absolute Gasteiger partial charge is 0.322 e. The van der Waals surface area contributed by atoms with Crippen molar-refractivity contribution in [1.82, 2.24) is 5.32 Å². The number of methoxy groups -OCH3 is 1. The monoisotopic (exact) mass is 293 g/mol. The Labute approximate surface area is 117 Å². The second-order valence-corrected chi connectivity index (χ2v) is 4.37. The van der Waals surface area contributed by atoms with E-state index < -0.39 is 35.9 Å². The number of nitrogens with one attached hydrogen (secondary N) is 1. The Morgan fingerprint density at radius 1 is 1.30 bits per heavy atom. The minimum Gasteiger partial charge on any atom is -0.481 e. The molecule has 3 atom stereocenters. The van der Waals surface area contributed by atoms with E-state index in [1.54, 1.807) is 13.8 Å². The van der Waals surface area contributed by atoms with Gasteiger partial charge in [0.15, 0.2) is 0 Å². The molecule has 0 heterocycles. The van der Waals surface area contributed by atoms with Crippen LogP contribution in [0.15, 0.2) is 12.2 Å². The molecule has 20 heavy (non-hydrogen) atoms. The van der Waals surface area contributed by atoms with E-state index in [4.69, 9.17) is 5.11 Å². The third kappa shape index (κ3) is 6.10. The molecule has 0 aliphatic rings. The number of halogens is 2. The number of carbonyl (C=O) groups is 2. The van der Waals surface area contributed by atoms with Crippen LogP contribution in [0.1, 0.15) is 26.7 Å². The van der Waals surface area contributed by atoms with Crippen molar-refractivity contribution in [2.75, 3.05) is 13.7 Å². The second-order valence-electron chi connectivity index (χ2n) is 4.37. The Kier molecular flexibility index (Phi) is 8.71. The zero-order valence-electron chi connectivity index (χ0n) is 11.9. The molecule has 0 bridgehead atoms. The van der Waals surface area contributed by atoms with Gasteiger partial charge in [0, 0.05) is 12.5 Å². The van der Waals surface area contributed by atoms with Gasteiger partial charge in [-0.2, -0.15) is 8.78 Å². The van der Waals surface area contributed by atoms with Gasteiger partial charge in [0.25, 0.3) is 6.08 Å². The van der Waals surface area contributed by atoms with Gasteiger partial charge in [-0.05, 0) is 18.9 Å². The van der Waals surface area contributed by atoms with Crippen LogP contribution in [0.3, 0.4) is 0 Å². The topological polar surface area (TPSA) is 75.6 Å². The van der Waals surface area contributed by atoms with Gasteiger partial charge in [-0.1, -0.05) is 13.8 Å². The van der Waals surface area contributed by atoms with Crippen molar-refractivity contribution in [3.8, 4) is 0 Å². The van der Waals surface area contributed by atoms with Crippen LogP contribution in [0.5, 0.6) is 0 Å². The number of esters is 1. The summed E-state index contributed by atoms with van der Waals surface area (Å²) in [6.45, 7) is 3.33. The molecular formula is C13H21F2NO4. The molecule has 0 spiro atoms. The maximum absolute atomic E-state index is 12.4. The molecule has 7 heteroatoms. The Morgan fingerprint density at radius 2 is 1.90 bits per heavy atom. The highest BCUT2D eigenvalue weighted by molar-refractivity contribution is 5.75. The first-order valence-corrected chi connectivity index (χ1v) is 6.44. The molecule has 116 valence electrons. The van der Waals surface area contributed by atoms with Crippen molar-refractivity contribution in [2.24, 2.45) is 11.8 Å². The van der Waals surface area contributed by atoms with E-state index in [0.29, 0.717) is 12.5 Å². The molecule has 0 aromatic heterocycles. The molecule has 0 aliphatic heterocycles. The molecule has 5 nitrogen and oxygen atoms in total. The summed E-state index contributed by atoms with van der Waals surface area (Å²) in [6.07, 6.45) is -0.659. The highest BCUT2D eigenvalue weighted by Gasteiger charge is 2.27. The number of carboxylic acid groups (broad SMARTS) is 1. The van der Waals surface area contributed by atoms with Gasteiger partial charge in [-0.25, -0.2) is 0 Å². The highest BCUT2D eigenvalue weighted by Crippen LogP contribution is 2.20. The predicted molar refractivity (Wildman–Crippen MR) is 69.3 cm³/mol. The van der Waals surface area contributed by atoms with Crippen molar-refractivity contribution in [2.45, 2.75) is 32.7 Å². The fourth-order valence-electron chi connectivity index (χ4n) is 1.95. The number of carboxylic acids is 1. The van der Waals surface area contributed by atoms with E-state index in [2.05, 4.69) is 10.1 Å². The predicted octanol–water partition coefficient (Wildman–Crippen LogP) is 2.04. The number of hydrogen-bond acceptors (Lipinski definition) is 4. The molecule has 0 rings (SSSR count). The number of ether oxygens (including phenoxy) is 1. The lowest BCUT2D eigenvalue weighted by Gasteiger charge is -2.22. The zero-order valence-corrected chi connectivity index (χ0v) is 11.9. The third-order valence-electron chi connectivity index (χ3n) is 3.11. The number of hydrogen-bond donors (Lipinski definition) is 2. The molecule has 0 aliphatic carbocycles. The molecule has 0 aromatic carbocycles. The summed E-state index contributed by atoms with van der Waals surface area (Å²) in [6, 6.07) is -0.634. The average molecular weight is 293 g/mol. The van der Waals surface area contributed by atoms with Crippen molar-refractivity contribution < 1.29 is 28.2 Å². The standard InChI is InChI=1S/C13H21F2NO4/c1-4-9(12(17)18)8(6-11(14)15)7-16-10(5-2)13(19)20-3/h6,8-10,16H,4-5,7H2,1-3H3,(H,17,18)/t8?,9-,10-/m0/s1. The summed E-state index contributed by atoms with van der Waals surface area (Å²) < 4.78 is 29.4. The number of rotatable bonds is 9. The minimum absolute atomic E-state index is 0.0320. The van der Waals surface area contributed by atoms with Crippen LogP contribution in [0, 0.1) is 11.8 Å². The molecular weight excluding hydrogens is 272 g/mol. The molecule has 0 saturated carbocycles. The number of carbonyl (C=O) groups excluding carboxylic acids is 1. The lowest BCUT2D eigenvalue weighted by atomic mass is 9.89. The molecule has 0 radical (unpaired) electrons. The maximum Gasteiger partial charge on any atom is 0.322 e. The first-order chi connectivity index (χ1) is 9.37. The first kappa shape index (κ1) is 18.5. The summed E-state index contributed by atoms with van der Waals surface area (Å²) in [5, 5.41) is 11.8. The lowest BCUT2D eigenvalue weighted by Crippen LogP contribution is -2.41. The van der Waals surface area contributed by atoms with Crippen molar-refractivity contribution in [3.63, 3.8) is 0 Å². The van der Waals surface area contributed by atoms with Gasteiger partial charge in [-0.15, -0.1) is 0 Å². The summed E-state index contributed by atoms with van der Waals surface area (Å²) in [7, 11) is 1.23. The zero-order chi connectivity index (χ0) is 15.7. The molecule has 0 fully saturated rings. The van der Waals surface area contributed by atoms with E-state index in [1.165, 1.54) is 7.11 Å². The summed E-state index contributed by atoms with van der Waals surface area (Å²) >= 11 is 0. The van der Waals surface area contributed by atoms with Crippen LogP contribution < -0.4 is 5.32 Å². The average Bonchev–Trinajstić information content (AvgIpc) is 2.38. The largest absolute Gasteiger partial charge is 0.481 e. The van der Waals surface area contributed by atoms with E-state index in [9.17, 15) is 18.4 Å². The van der Waals surface area contributed by atoms with Crippen LogP contribution in [0.25, 0.3) is 0 Å². The van der Waals surface area contributed by atoms with E-state index in [1.807, 2.05) is 0 Å². The number of aliphatic carboxylic acids is 1. The molecule has 1 unspecified atom stereocenters. The van der Waals surface area contributed by atoms with Gasteiger partial charge in [0.2, 0.25) is 0 Å². The normalized spacial score (nSPS) is 15.1. The molecule has 0 amide bonds. The molecule has 0 aromatic rings. The Morgan fingerprint density at radius 3 is 2.25 bits per heavy atom. The van der Waals surface area contributed by atoms with Crippen molar-refractivity contribution in [3.05, 3.63) is 12.2 Å². The minimum atomic E-state index is -1.93. The van der Waals surface area contributed by atoms with Crippen LogP contribution in [-0.2, 0) is 14.3 Å². The van der Waals surface area contributed by atoms with E-state index >= 15 is 0 Å². The highest BCUT2D eigenvalue weighted by atomic mass is 19.3. The quantitative estimate of drug-likeness (QED) is 0.636. The van der Waals surface area contributed by atoms with E-state index in [-0.39, 0.29) is 13.0 Å². The van der Waals surface area contributed by atoms with Crippen LogP contribution in [0.4, 0.5) is 8.78 Å². The van der Waals surface area contributed by atoms with Crippen LogP contribution in [0.2, 0.25) is 0 Å². The van der Waals surface area contributed by atoms with Gasteiger partial charge < -0.3 is 15.2 Å².